The number of hydrazine groups is 2. The highest BCUT2D eigenvalue weighted by atomic mass is 79.9. The molecule has 0 amide bonds. The Balaban J connectivity index is 2.11. The third-order valence-electron chi connectivity index (χ3n) is 3.98. The summed E-state index contributed by atoms with van der Waals surface area (Å²) in [6, 6.07) is 4.35. The number of hydrogen-bond acceptors (Lipinski definition) is 6. The predicted molar refractivity (Wildman–Crippen MR) is 92.2 cm³/mol. The van der Waals surface area contributed by atoms with Crippen molar-refractivity contribution in [2.45, 2.75) is 11.5 Å². The Labute approximate surface area is 160 Å². The quantitative estimate of drug-likeness (QED) is 0.690. The number of hydrogen-bond donors (Lipinski definition) is 2. The van der Waals surface area contributed by atoms with E-state index in [1.807, 2.05) is 0 Å². The molecule has 6 nitrogen and oxygen atoms in total. The zero-order chi connectivity index (χ0) is 19.8. The smallest absolute Gasteiger partial charge is 0.323 e. The molecule has 0 saturated carbocycles. The summed E-state index contributed by atoms with van der Waals surface area (Å²) in [5.41, 5.74) is -2.07. The number of aromatic nitrogens is 1. The van der Waals surface area contributed by atoms with Gasteiger partial charge in [0.1, 0.15) is 23.7 Å². The van der Waals surface area contributed by atoms with Crippen molar-refractivity contribution in [3.63, 3.8) is 0 Å². The Kier molecular flexibility index (Phi) is 5.10. The third-order valence-corrected chi connectivity index (χ3v) is 4.45. The van der Waals surface area contributed by atoms with E-state index in [0.717, 1.165) is 35.7 Å². The number of halogens is 5. The molecule has 2 aromatic rings. The Hall–Kier alpha value is -2.24. The maximum Gasteiger partial charge on any atom is 0.323 e. The molecule has 1 aliphatic rings. The lowest BCUT2D eigenvalue weighted by Crippen LogP contribution is -2.55. The molecule has 0 fully saturated rings. The first kappa shape index (κ1) is 19.5. The predicted octanol–water partition coefficient (Wildman–Crippen LogP) is 2.71. The van der Waals surface area contributed by atoms with Crippen LogP contribution in [0, 0.1) is 11.6 Å². The minimum absolute atomic E-state index is 0.434. The van der Waals surface area contributed by atoms with Crippen molar-refractivity contribution >= 4 is 22.3 Å². The molecule has 1 aliphatic heterocycles. The third kappa shape index (κ3) is 3.62. The zero-order valence-electron chi connectivity index (χ0n) is 13.9. The first-order valence-electron chi connectivity index (χ1n) is 7.62. The van der Waals surface area contributed by atoms with Crippen molar-refractivity contribution in [2.24, 2.45) is 5.10 Å². The Morgan fingerprint density at radius 2 is 1.96 bits per heavy atom. The fourth-order valence-electron chi connectivity index (χ4n) is 2.65. The van der Waals surface area contributed by atoms with Crippen LogP contribution >= 0.6 is 15.9 Å². The van der Waals surface area contributed by atoms with Crippen LogP contribution in [0.5, 0.6) is 0 Å². The van der Waals surface area contributed by atoms with Gasteiger partial charge in [0.2, 0.25) is 0 Å². The van der Waals surface area contributed by atoms with Gasteiger partial charge < -0.3 is 5.11 Å². The van der Waals surface area contributed by atoms with Gasteiger partial charge in [-0.25, -0.2) is 13.9 Å². The van der Waals surface area contributed by atoms with Crippen LogP contribution < -0.4 is 5.53 Å². The number of hydrazone groups is 1. The minimum Gasteiger partial charge on any atom is -0.377 e. The molecule has 0 bridgehead atoms. The van der Waals surface area contributed by atoms with Gasteiger partial charge in [-0.3, -0.25) is 9.99 Å². The van der Waals surface area contributed by atoms with Crippen molar-refractivity contribution < 1.29 is 22.7 Å². The second-order valence-corrected chi connectivity index (χ2v) is 6.82. The number of alkyl halides is 2. The number of nitrogens with zero attached hydrogens (tertiary/aromatic N) is 4. The van der Waals surface area contributed by atoms with Gasteiger partial charge in [0.05, 0.1) is 6.54 Å². The van der Waals surface area contributed by atoms with E-state index in [9.17, 15) is 13.9 Å². The molecule has 1 aromatic heterocycles. The number of pyridine rings is 1. The maximum atomic E-state index is 15.4. The summed E-state index contributed by atoms with van der Waals surface area (Å²) in [6.45, 7) is -0.797. The lowest BCUT2D eigenvalue weighted by molar-refractivity contribution is -0.207. The minimum atomic E-state index is -4.02. The molecule has 144 valence electrons. The summed E-state index contributed by atoms with van der Waals surface area (Å²) in [4.78, 5) is 3.64. The molecule has 27 heavy (non-hydrogen) atoms. The first-order chi connectivity index (χ1) is 12.6. The van der Waals surface area contributed by atoms with Gasteiger partial charge in [-0.1, -0.05) is 0 Å². The van der Waals surface area contributed by atoms with Crippen LogP contribution in [0.3, 0.4) is 0 Å². The molecule has 0 aliphatic carbocycles. The zero-order valence-corrected chi connectivity index (χ0v) is 15.5. The lowest BCUT2D eigenvalue weighted by atomic mass is 9.84. The highest BCUT2D eigenvalue weighted by Crippen LogP contribution is 2.46. The second kappa shape index (κ2) is 7.06. The van der Waals surface area contributed by atoms with Crippen LogP contribution in [0.2, 0.25) is 0 Å². The molecule has 2 N–H and O–H groups in total. The second-order valence-electron chi connectivity index (χ2n) is 5.90. The SMILES string of the molecule is CN1N=CN(CC(O)(c2ccc(F)cc2F)C(F)(F)c2ccc(Br)cn2)N1. The van der Waals surface area contributed by atoms with Gasteiger partial charge in [0, 0.05) is 29.3 Å². The summed E-state index contributed by atoms with van der Waals surface area (Å²) in [6.07, 6.45) is 2.28. The molecule has 0 radical (unpaired) electrons. The molecule has 1 atom stereocenters. The molecule has 1 unspecified atom stereocenters. The standard InChI is InChI=1S/C16H14BrF4N5O/c1-25-23-9-26(24-25)8-15(27,12-4-3-11(18)6-13(12)19)16(20,21)14-5-2-10(17)7-22-14/h2-7,9,24,27H,8H2,1H3. The summed E-state index contributed by atoms with van der Waals surface area (Å²) in [7, 11) is 1.50. The maximum absolute atomic E-state index is 15.4. The first-order valence-corrected chi connectivity index (χ1v) is 8.41. The van der Waals surface area contributed by atoms with E-state index in [0.29, 0.717) is 10.5 Å². The highest BCUT2D eigenvalue weighted by molar-refractivity contribution is 9.10. The summed E-state index contributed by atoms with van der Waals surface area (Å²) in [5, 5.41) is 17.1. The van der Waals surface area contributed by atoms with Gasteiger partial charge in [0.25, 0.3) is 0 Å². The lowest BCUT2D eigenvalue weighted by Gasteiger charge is -2.38. The van der Waals surface area contributed by atoms with E-state index >= 15 is 8.78 Å². The number of rotatable bonds is 5. The topological polar surface area (TPSA) is 64.0 Å². The largest absolute Gasteiger partial charge is 0.377 e. The Morgan fingerprint density at radius 3 is 2.52 bits per heavy atom. The van der Waals surface area contributed by atoms with Gasteiger partial charge in [-0.05, 0) is 40.2 Å². The van der Waals surface area contributed by atoms with Crippen molar-refractivity contribution in [3.05, 3.63) is 63.9 Å². The highest BCUT2D eigenvalue weighted by Gasteiger charge is 2.58. The molecular formula is C16H14BrF4N5O. The molecule has 3 rings (SSSR count). The van der Waals surface area contributed by atoms with E-state index in [-0.39, 0.29) is 0 Å². The number of aliphatic hydroxyl groups is 1. The number of benzene rings is 1. The van der Waals surface area contributed by atoms with Crippen LogP contribution in [0.1, 0.15) is 11.3 Å². The van der Waals surface area contributed by atoms with Crippen LogP contribution in [0.25, 0.3) is 0 Å². The normalized spacial score (nSPS) is 16.7. The number of β-amino-alcohol motifs (C(OH)–C–C–N with tert-alkyl or cyclic N) is 1. The van der Waals surface area contributed by atoms with Crippen molar-refractivity contribution in [3.8, 4) is 0 Å². The van der Waals surface area contributed by atoms with Crippen LogP contribution in [0.15, 0.2) is 46.1 Å². The van der Waals surface area contributed by atoms with Crippen molar-refractivity contribution in [1.82, 2.24) is 20.6 Å². The average Bonchev–Trinajstić information content (AvgIpc) is 2.99. The summed E-state index contributed by atoms with van der Waals surface area (Å²) < 4.78 is 58.8. The fourth-order valence-corrected chi connectivity index (χ4v) is 2.89. The van der Waals surface area contributed by atoms with E-state index < -0.39 is 41.0 Å². The van der Waals surface area contributed by atoms with Crippen molar-refractivity contribution in [2.75, 3.05) is 13.6 Å². The molecule has 0 saturated heterocycles. The average molecular weight is 448 g/mol. The van der Waals surface area contributed by atoms with E-state index in [1.54, 1.807) is 0 Å². The van der Waals surface area contributed by atoms with Gasteiger partial charge in [0.15, 0.2) is 5.60 Å². The van der Waals surface area contributed by atoms with E-state index in [4.69, 9.17) is 0 Å². The molecule has 2 heterocycles. The fraction of sp³-hybridized carbons (Fsp3) is 0.250. The number of nitrogens with one attached hydrogen (secondary N) is 1. The van der Waals surface area contributed by atoms with Crippen LogP contribution in [-0.2, 0) is 11.5 Å². The molecule has 0 spiro atoms. The van der Waals surface area contributed by atoms with Crippen LogP contribution in [-0.4, -0.2) is 40.1 Å². The van der Waals surface area contributed by atoms with Gasteiger partial charge in [-0.15, -0.1) is 10.6 Å². The monoisotopic (exact) mass is 447 g/mol. The summed E-state index contributed by atoms with van der Waals surface area (Å²) >= 11 is 3.09. The van der Waals surface area contributed by atoms with Crippen LogP contribution in [0.4, 0.5) is 17.6 Å². The Morgan fingerprint density at radius 1 is 1.22 bits per heavy atom. The molecular weight excluding hydrogens is 434 g/mol. The van der Waals surface area contributed by atoms with E-state index in [1.165, 1.54) is 18.2 Å². The van der Waals surface area contributed by atoms with Gasteiger partial charge >= 0.3 is 5.92 Å². The van der Waals surface area contributed by atoms with E-state index in [2.05, 4.69) is 31.6 Å². The Bertz CT molecular complexity index is 866. The summed E-state index contributed by atoms with van der Waals surface area (Å²) in [5.74, 6) is -6.29. The van der Waals surface area contributed by atoms with Gasteiger partial charge in [-0.2, -0.15) is 8.78 Å². The van der Waals surface area contributed by atoms with Crippen molar-refractivity contribution in [1.29, 1.82) is 0 Å². The molecule has 1 aromatic carbocycles. The molecule has 11 heteroatoms.